The summed E-state index contributed by atoms with van der Waals surface area (Å²) in [6.07, 6.45) is 1.81. The molecule has 1 fully saturated rings. The topological polar surface area (TPSA) is 58.0 Å². The molecule has 0 saturated carbocycles. The van der Waals surface area contributed by atoms with Crippen LogP contribution in [0.15, 0.2) is 12.3 Å². The van der Waals surface area contributed by atoms with Crippen molar-refractivity contribution >= 4 is 27.5 Å². The zero-order chi connectivity index (χ0) is 19.1. The Labute approximate surface area is 162 Å². The van der Waals surface area contributed by atoms with Crippen LogP contribution >= 0.6 is 11.3 Å². The second-order valence-corrected chi connectivity index (χ2v) is 8.26. The van der Waals surface area contributed by atoms with Gasteiger partial charge in [0.25, 0.3) is 0 Å². The zero-order valence-corrected chi connectivity index (χ0v) is 16.8. The van der Waals surface area contributed by atoms with Crippen molar-refractivity contribution in [2.24, 2.45) is 0 Å². The minimum atomic E-state index is -0.249. The number of hydrogen-bond donors (Lipinski definition) is 0. The summed E-state index contributed by atoms with van der Waals surface area (Å²) in [7, 11) is 0. The lowest BCUT2D eigenvalue weighted by Gasteiger charge is -2.38. The van der Waals surface area contributed by atoms with E-state index in [0.717, 1.165) is 53.1 Å². The monoisotopic (exact) mass is 386 g/mol. The van der Waals surface area contributed by atoms with E-state index in [1.54, 1.807) is 6.07 Å². The van der Waals surface area contributed by atoms with Gasteiger partial charge in [0, 0.05) is 26.2 Å². The molecular weight excluding hydrogens is 363 g/mol. The van der Waals surface area contributed by atoms with Crippen LogP contribution < -0.4 is 4.90 Å². The molecule has 0 radical (unpaired) electrons. The number of rotatable bonds is 3. The van der Waals surface area contributed by atoms with Gasteiger partial charge in [0.1, 0.15) is 11.6 Å². The zero-order valence-electron chi connectivity index (χ0n) is 16.0. The molecule has 4 heterocycles. The molecule has 0 amide bonds. The molecule has 0 N–H and O–H groups in total. The second-order valence-electron chi connectivity index (χ2n) is 7.03. The standard InChI is InChI=1S/C19H23FN6S/c1-11-10-21-19(12(2)22-11)26-7-5-25(6-8-26)13(3)17-15(20)9-16-18(24-17)23-14(4)27-16/h9-10,13H,5-8H2,1-4H3. The first-order valence-electron chi connectivity index (χ1n) is 9.15. The van der Waals surface area contributed by atoms with E-state index >= 15 is 0 Å². The molecule has 142 valence electrons. The Morgan fingerprint density at radius 1 is 1.07 bits per heavy atom. The molecule has 6 nitrogen and oxygen atoms in total. The molecule has 1 aliphatic rings. The Hall–Kier alpha value is -2.19. The number of aromatic nitrogens is 4. The fraction of sp³-hybridized carbons (Fsp3) is 0.474. The van der Waals surface area contributed by atoms with E-state index in [0.29, 0.717) is 11.3 Å². The summed E-state index contributed by atoms with van der Waals surface area (Å²) in [5.41, 5.74) is 3.00. The first kappa shape index (κ1) is 18.2. The summed E-state index contributed by atoms with van der Waals surface area (Å²) < 4.78 is 15.4. The van der Waals surface area contributed by atoms with Crippen molar-refractivity contribution in [1.29, 1.82) is 0 Å². The van der Waals surface area contributed by atoms with Gasteiger partial charge in [-0.15, -0.1) is 11.3 Å². The molecule has 4 rings (SSSR count). The fourth-order valence-electron chi connectivity index (χ4n) is 3.65. The average Bonchev–Trinajstić information content (AvgIpc) is 2.99. The number of fused-ring (bicyclic) bond motifs is 1. The third-order valence-corrected chi connectivity index (χ3v) is 5.98. The summed E-state index contributed by atoms with van der Waals surface area (Å²) in [5, 5.41) is 0.907. The molecule has 3 aromatic heterocycles. The summed E-state index contributed by atoms with van der Waals surface area (Å²) in [4.78, 5) is 22.5. The third-order valence-electron chi connectivity index (χ3n) is 5.07. The van der Waals surface area contributed by atoms with E-state index in [4.69, 9.17) is 0 Å². The number of thiazole rings is 1. The maximum absolute atomic E-state index is 14.6. The molecule has 1 aliphatic heterocycles. The van der Waals surface area contributed by atoms with Crippen LogP contribution in [0.2, 0.25) is 0 Å². The van der Waals surface area contributed by atoms with Gasteiger partial charge in [0.15, 0.2) is 5.65 Å². The lowest BCUT2D eigenvalue weighted by atomic mass is 10.1. The minimum absolute atomic E-state index is 0.0937. The van der Waals surface area contributed by atoms with Gasteiger partial charge in [-0.2, -0.15) is 0 Å². The van der Waals surface area contributed by atoms with E-state index in [1.165, 1.54) is 11.3 Å². The lowest BCUT2D eigenvalue weighted by Crippen LogP contribution is -2.48. The van der Waals surface area contributed by atoms with Crippen LogP contribution in [-0.4, -0.2) is 51.0 Å². The van der Waals surface area contributed by atoms with Crippen molar-refractivity contribution in [2.75, 3.05) is 31.1 Å². The number of pyridine rings is 1. The Bertz CT molecular complexity index is 980. The highest BCUT2D eigenvalue weighted by Gasteiger charge is 2.26. The molecule has 0 aromatic carbocycles. The van der Waals surface area contributed by atoms with Crippen molar-refractivity contribution < 1.29 is 4.39 Å². The number of hydrogen-bond acceptors (Lipinski definition) is 7. The highest BCUT2D eigenvalue weighted by atomic mass is 32.1. The SMILES string of the molecule is Cc1cnc(N2CCN(C(C)c3nc4nc(C)sc4cc3F)CC2)c(C)n1. The molecule has 8 heteroatoms. The van der Waals surface area contributed by atoms with Crippen molar-refractivity contribution in [2.45, 2.75) is 33.7 Å². The molecule has 0 spiro atoms. The van der Waals surface area contributed by atoms with Crippen LogP contribution in [-0.2, 0) is 0 Å². The Morgan fingerprint density at radius 2 is 1.81 bits per heavy atom. The van der Waals surface area contributed by atoms with Gasteiger partial charge in [0.05, 0.1) is 39.0 Å². The maximum atomic E-state index is 14.6. The predicted molar refractivity (Wildman–Crippen MR) is 106 cm³/mol. The lowest BCUT2D eigenvalue weighted by molar-refractivity contribution is 0.191. The van der Waals surface area contributed by atoms with Gasteiger partial charge < -0.3 is 4.90 Å². The predicted octanol–water partition coefficient (Wildman–Crippen LogP) is 3.43. The van der Waals surface area contributed by atoms with Gasteiger partial charge in [0.2, 0.25) is 0 Å². The van der Waals surface area contributed by atoms with Crippen LogP contribution in [0, 0.1) is 26.6 Å². The number of anilines is 1. The molecule has 1 unspecified atom stereocenters. The van der Waals surface area contributed by atoms with Crippen LogP contribution in [0.3, 0.4) is 0 Å². The van der Waals surface area contributed by atoms with Crippen molar-refractivity contribution in [3.8, 4) is 0 Å². The second kappa shape index (κ2) is 7.09. The maximum Gasteiger partial charge on any atom is 0.171 e. The largest absolute Gasteiger partial charge is 0.353 e. The van der Waals surface area contributed by atoms with E-state index in [2.05, 4.69) is 29.7 Å². The average molecular weight is 387 g/mol. The van der Waals surface area contributed by atoms with Crippen molar-refractivity contribution in [3.05, 3.63) is 40.2 Å². The first-order chi connectivity index (χ1) is 12.9. The molecule has 1 saturated heterocycles. The van der Waals surface area contributed by atoms with E-state index < -0.39 is 0 Å². The van der Waals surface area contributed by atoms with Gasteiger partial charge in [-0.25, -0.2) is 19.3 Å². The Balaban J connectivity index is 1.50. The molecular formula is C19H23FN6S. The first-order valence-corrected chi connectivity index (χ1v) is 9.97. The summed E-state index contributed by atoms with van der Waals surface area (Å²) in [6.45, 7) is 11.2. The Morgan fingerprint density at radius 3 is 2.52 bits per heavy atom. The number of piperazine rings is 1. The van der Waals surface area contributed by atoms with Crippen LogP contribution in [0.25, 0.3) is 10.3 Å². The van der Waals surface area contributed by atoms with Crippen molar-refractivity contribution in [3.63, 3.8) is 0 Å². The Kier molecular flexibility index (Phi) is 4.77. The molecule has 1 atom stereocenters. The fourth-order valence-corrected chi connectivity index (χ4v) is 4.45. The molecule has 0 aliphatic carbocycles. The number of halogens is 1. The third kappa shape index (κ3) is 3.51. The van der Waals surface area contributed by atoms with E-state index in [1.807, 2.05) is 33.9 Å². The summed E-state index contributed by atoms with van der Waals surface area (Å²) >= 11 is 1.48. The van der Waals surface area contributed by atoms with Crippen LogP contribution in [0.4, 0.5) is 10.2 Å². The molecule has 0 bridgehead atoms. The van der Waals surface area contributed by atoms with Gasteiger partial charge >= 0.3 is 0 Å². The van der Waals surface area contributed by atoms with Crippen LogP contribution in [0.1, 0.15) is 35.1 Å². The van der Waals surface area contributed by atoms with E-state index in [-0.39, 0.29) is 11.9 Å². The smallest absolute Gasteiger partial charge is 0.171 e. The molecule has 3 aromatic rings. The highest BCUT2D eigenvalue weighted by molar-refractivity contribution is 7.18. The summed E-state index contributed by atoms with van der Waals surface area (Å²) in [6, 6.07) is 1.48. The number of nitrogens with zero attached hydrogens (tertiary/aromatic N) is 6. The number of aryl methyl sites for hydroxylation is 3. The van der Waals surface area contributed by atoms with Gasteiger partial charge in [-0.1, -0.05) is 0 Å². The van der Waals surface area contributed by atoms with Crippen molar-refractivity contribution in [1.82, 2.24) is 24.8 Å². The highest BCUT2D eigenvalue weighted by Crippen LogP contribution is 2.28. The van der Waals surface area contributed by atoms with Gasteiger partial charge in [-0.3, -0.25) is 9.88 Å². The minimum Gasteiger partial charge on any atom is -0.353 e. The normalized spacial score (nSPS) is 16.9. The quantitative estimate of drug-likeness (QED) is 0.687. The van der Waals surface area contributed by atoms with E-state index in [9.17, 15) is 4.39 Å². The van der Waals surface area contributed by atoms with Crippen LogP contribution in [0.5, 0.6) is 0 Å². The molecule has 27 heavy (non-hydrogen) atoms. The van der Waals surface area contributed by atoms with Gasteiger partial charge in [-0.05, 0) is 33.8 Å². The summed E-state index contributed by atoms with van der Waals surface area (Å²) in [5.74, 6) is 0.693.